The molecule has 0 radical (unpaired) electrons. The van der Waals surface area contributed by atoms with Crippen LogP contribution in [0.25, 0.3) is 65.5 Å². The summed E-state index contributed by atoms with van der Waals surface area (Å²) in [4.78, 5) is 38.9. The Bertz CT molecular complexity index is 5600. The molecule has 0 bridgehead atoms. The van der Waals surface area contributed by atoms with Gasteiger partial charge < -0.3 is 56.4 Å². The van der Waals surface area contributed by atoms with E-state index in [9.17, 15) is 10.2 Å². The van der Waals surface area contributed by atoms with Gasteiger partial charge in [-0.15, -0.1) is 0 Å². The molecule has 3 unspecified atom stereocenters. The van der Waals surface area contributed by atoms with Gasteiger partial charge in [0.15, 0.2) is 0 Å². The van der Waals surface area contributed by atoms with Crippen LogP contribution in [-0.4, -0.2) is 180 Å². The molecule has 0 spiro atoms. The fourth-order valence-electron chi connectivity index (χ4n) is 16.4. The number of unbranched alkanes of at least 4 members (excludes halogenated alkanes) is 3. The molecule has 676 valence electrons. The highest BCUT2D eigenvalue weighted by Crippen LogP contribution is 2.39. The summed E-state index contributed by atoms with van der Waals surface area (Å²) in [5.41, 5.74) is 15.8. The van der Waals surface area contributed by atoms with Crippen LogP contribution in [0, 0.1) is 0 Å². The highest BCUT2D eigenvalue weighted by molar-refractivity contribution is 6.33. The van der Waals surface area contributed by atoms with Crippen molar-refractivity contribution in [1.82, 2.24) is 54.4 Å². The Morgan fingerprint density at radius 2 is 0.819 bits per heavy atom. The minimum absolute atomic E-state index is 0.229. The SMILES string of the molecule is CCCCCCC(C)Nc1ccnc2cc(Cl)ccc12.CCN(CC)CCCC(C)Nc1ccnc2cc(Cl)ccc12.CCN(CC)Cc1cc(Nc2ccnc3cc(Cl)ccc23)ccc1O.CCN(CCO)CCCC(C)Nc1ccnc2cc(Cl)ccc12.COc1ccc2nc3cc(Cl)ccc3c(Nc3cc(CN4CCCC4)c(O)c(CN4CCCC4)c3)c2n1. The number of ether oxygens (including phenoxy) is 1. The second-order valence-corrected chi connectivity index (χ2v) is 35.3. The van der Waals surface area contributed by atoms with Crippen LogP contribution >= 0.6 is 58.0 Å². The maximum atomic E-state index is 11.3. The number of hydrogen-bond acceptors (Lipinski definition) is 20. The van der Waals surface area contributed by atoms with Crippen molar-refractivity contribution >= 4 is 163 Å². The number of fused-ring (bicyclic) bond motifs is 6. The van der Waals surface area contributed by atoms with Crippen LogP contribution < -0.4 is 31.3 Å². The van der Waals surface area contributed by atoms with Gasteiger partial charge in [0.1, 0.15) is 17.0 Å². The van der Waals surface area contributed by atoms with E-state index in [1.54, 1.807) is 19.4 Å². The number of aliphatic hydroxyl groups is 1. The standard InChI is InChI=1S/C29H32ClN5O2.C20H22ClN3O.C18H26ClN3O.C18H26ClN3.C17H23ClN2/c1-37-26-9-8-24-28(33-26)27(23-7-6-21(30)16-25(23)32-24)31-22-14-19(17-34-10-2-3-11-34)29(36)20(15-22)18-35-12-4-5-13-35;1-3-24(4-2)13-14-11-16(6-8-20(14)25)23-18-9-10-22-19-12-15(21)5-7-17(18)19;1-3-22(11-12-23)10-4-5-14(2)21-17-8-9-20-18-13-15(19)6-7-16(17)18;1-4-22(5-2)12-6-7-14(3)21-17-10-11-20-18-13-15(19)8-9-16(17)18;1-3-4-5-6-7-13(2)20-16-10-11-19-17-12-14(18)8-9-15(16)17/h6-9,14-16,36H,2-5,10-13,17-18H2,1H3,(H,31,32);5-12,25H,3-4,13H2,1-2H3,(H,22,23);6-9,13-14,23H,3-5,10-12H2,1-2H3,(H,20,21);8-11,13-14H,4-7,12H2,1-3H3,(H,20,21);8-13H,3-7H2,1-2H3,(H,19,20). The molecule has 15 rings (SSSR count). The third-order valence-corrected chi connectivity index (χ3v) is 24.8. The first-order valence-corrected chi connectivity index (χ1v) is 47.4. The van der Waals surface area contributed by atoms with E-state index < -0.39 is 0 Å². The fourth-order valence-corrected chi connectivity index (χ4v) is 17.3. The zero-order chi connectivity index (χ0) is 90.1. The lowest BCUT2D eigenvalue weighted by molar-refractivity contribution is 0.199. The summed E-state index contributed by atoms with van der Waals surface area (Å²) >= 11 is 30.5. The lowest BCUT2D eigenvalue weighted by Crippen LogP contribution is -2.28. The molecule has 7 aromatic carbocycles. The first-order chi connectivity index (χ1) is 61.6. The number of aromatic nitrogens is 6. The normalized spacial score (nSPS) is 13.6. The number of nitrogens with zero attached hydrogens (tertiary/aromatic N) is 11. The number of aliphatic hydroxyl groups excluding tert-OH is 1. The smallest absolute Gasteiger partial charge is 0.213 e. The lowest BCUT2D eigenvalue weighted by atomic mass is 10.0. The minimum atomic E-state index is 0.229. The Hall–Kier alpha value is -9.39. The zero-order valence-corrected chi connectivity index (χ0v) is 79.4. The topological polar surface area (TPSA) is 224 Å². The maximum Gasteiger partial charge on any atom is 0.213 e. The van der Waals surface area contributed by atoms with Crippen molar-refractivity contribution in [2.45, 2.75) is 184 Å². The van der Waals surface area contributed by atoms with Crippen LogP contribution in [0.4, 0.5) is 39.8 Å². The average Bonchev–Trinajstić information content (AvgIpc) is 0.777. The van der Waals surface area contributed by atoms with Gasteiger partial charge in [-0.05, 0) is 302 Å². The van der Waals surface area contributed by atoms with Crippen molar-refractivity contribution in [3.8, 4) is 17.4 Å². The second kappa shape index (κ2) is 50.5. The fraction of sp³-hybridized carbons (Fsp3) is 0.412. The summed E-state index contributed by atoms with van der Waals surface area (Å²) < 4.78 is 5.43. The Labute approximate surface area is 776 Å². The predicted octanol–water partition coefficient (Wildman–Crippen LogP) is 25.5. The number of hydrogen-bond donors (Lipinski definition) is 8. The van der Waals surface area contributed by atoms with E-state index in [-0.39, 0.29) is 6.61 Å². The van der Waals surface area contributed by atoms with Crippen LogP contribution in [0.15, 0.2) is 183 Å². The summed E-state index contributed by atoms with van der Waals surface area (Å²) in [5.74, 6) is 1.27. The molecule has 2 saturated heterocycles. The third kappa shape index (κ3) is 29.3. The number of aromatic hydroxyl groups is 2. The Morgan fingerprint density at radius 1 is 0.402 bits per heavy atom. The van der Waals surface area contributed by atoms with E-state index in [1.165, 1.54) is 70.8 Å². The number of pyridine rings is 6. The number of benzene rings is 7. The van der Waals surface area contributed by atoms with Gasteiger partial charge in [-0.1, -0.05) is 125 Å². The highest BCUT2D eigenvalue weighted by atomic mass is 35.5. The van der Waals surface area contributed by atoms with E-state index in [0.717, 1.165) is 243 Å². The van der Waals surface area contributed by atoms with Gasteiger partial charge in [0.05, 0.1) is 52.5 Å². The van der Waals surface area contributed by atoms with Crippen molar-refractivity contribution in [2.75, 3.05) is 119 Å². The molecule has 2 aliphatic heterocycles. The minimum Gasteiger partial charge on any atom is -0.508 e. The third-order valence-electron chi connectivity index (χ3n) is 23.6. The second-order valence-electron chi connectivity index (χ2n) is 33.1. The quantitative estimate of drug-likeness (QED) is 0.0103. The van der Waals surface area contributed by atoms with Gasteiger partial charge in [-0.25, -0.2) is 9.97 Å². The van der Waals surface area contributed by atoms with Gasteiger partial charge in [-0.3, -0.25) is 34.6 Å². The number of halogens is 5. The van der Waals surface area contributed by atoms with Crippen molar-refractivity contribution < 1.29 is 20.1 Å². The number of anilines is 7. The summed E-state index contributed by atoms with van der Waals surface area (Å²) in [6.45, 7) is 34.6. The molecule has 6 aromatic heterocycles. The van der Waals surface area contributed by atoms with Crippen LogP contribution in [-0.2, 0) is 19.6 Å². The van der Waals surface area contributed by atoms with Crippen molar-refractivity contribution in [3.05, 3.63) is 224 Å². The van der Waals surface area contributed by atoms with E-state index in [4.69, 9.17) is 77.8 Å². The number of phenols is 2. The van der Waals surface area contributed by atoms with Crippen LogP contribution in [0.3, 0.4) is 0 Å². The lowest BCUT2D eigenvalue weighted by Gasteiger charge is -2.22. The molecule has 2 aliphatic rings. The van der Waals surface area contributed by atoms with Crippen molar-refractivity contribution in [1.29, 1.82) is 0 Å². The number of likely N-dealkylation sites (tertiary alicyclic amines) is 2. The molecular weight excluding hydrogens is 1690 g/mol. The first kappa shape index (κ1) is 98.2. The number of rotatable bonds is 37. The molecule has 0 amide bonds. The number of phenolic OH excluding ortho intramolecular Hbond substituents is 2. The summed E-state index contributed by atoms with van der Waals surface area (Å²) in [5, 5.41) is 57.1. The largest absolute Gasteiger partial charge is 0.508 e. The summed E-state index contributed by atoms with van der Waals surface area (Å²) in [6.07, 6.45) is 23.1. The molecule has 25 heteroatoms. The number of likely N-dealkylation sites (N-methyl/N-ethyl adjacent to an activating group) is 1. The van der Waals surface area contributed by atoms with E-state index in [0.29, 0.717) is 50.6 Å². The molecule has 8 N–H and O–H groups in total. The maximum absolute atomic E-state index is 11.3. The van der Waals surface area contributed by atoms with Crippen molar-refractivity contribution in [2.24, 2.45) is 0 Å². The van der Waals surface area contributed by atoms with E-state index in [2.05, 4.69) is 145 Å². The summed E-state index contributed by atoms with van der Waals surface area (Å²) in [6, 6.07) is 51.8. The van der Waals surface area contributed by atoms with Crippen LogP contribution in [0.5, 0.6) is 17.4 Å². The van der Waals surface area contributed by atoms with E-state index >= 15 is 0 Å². The monoisotopic (exact) mass is 1820 g/mol. The molecule has 0 saturated carbocycles. The van der Waals surface area contributed by atoms with E-state index in [1.807, 2.05) is 158 Å². The highest BCUT2D eigenvalue weighted by Gasteiger charge is 2.23. The average molecular weight is 1820 g/mol. The van der Waals surface area contributed by atoms with Gasteiger partial charge in [-0.2, -0.15) is 0 Å². The number of nitrogens with one attached hydrogen (secondary N) is 5. The molecule has 2 fully saturated rings. The molecule has 3 atom stereocenters. The van der Waals surface area contributed by atoms with Gasteiger partial charge in [0.2, 0.25) is 5.88 Å². The first-order valence-electron chi connectivity index (χ1n) is 45.5. The molecule has 20 nitrogen and oxygen atoms in total. The molecule has 13 aromatic rings. The zero-order valence-electron chi connectivity index (χ0n) is 75.6. The van der Waals surface area contributed by atoms with Gasteiger partial charge >= 0.3 is 0 Å². The molecule has 8 heterocycles. The Morgan fingerprint density at radius 3 is 1.26 bits per heavy atom. The summed E-state index contributed by atoms with van der Waals surface area (Å²) in [7, 11) is 1.62. The number of methoxy groups -OCH3 is 1. The predicted molar refractivity (Wildman–Crippen MR) is 538 cm³/mol. The molecule has 0 aliphatic carbocycles. The molecular formula is C102H129Cl5N16O4. The van der Waals surface area contributed by atoms with Gasteiger partial charge in [0.25, 0.3) is 0 Å². The van der Waals surface area contributed by atoms with Crippen LogP contribution in [0.1, 0.15) is 162 Å². The van der Waals surface area contributed by atoms with Gasteiger partial charge in [0, 0.05) is 178 Å². The molecule has 127 heavy (non-hydrogen) atoms. The van der Waals surface area contributed by atoms with Crippen molar-refractivity contribution in [3.63, 3.8) is 0 Å². The van der Waals surface area contributed by atoms with Crippen LogP contribution in [0.2, 0.25) is 25.1 Å². The Balaban J connectivity index is 0.000000157. The Kier molecular flexibility index (Phi) is 39.1.